The Morgan fingerprint density at radius 2 is 2.04 bits per heavy atom. The molecule has 1 amide bonds. The summed E-state index contributed by atoms with van der Waals surface area (Å²) in [5, 5.41) is 16.6. The van der Waals surface area contributed by atoms with Gasteiger partial charge in [-0.25, -0.2) is 0 Å². The van der Waals surface area contributed by atoms with Crippen LogP contribution in [0.25, 0.3) is 0 Å². The van der Waals surface area contributed by atoms with E-state index in [0.717, 1.165) is 5.69 Å². The molecule has 1 aromatic carbocycles. The predicted octanol–water partition coefficient (Wildman–Crippen LogP) is 2.67. The molecular formula is C19H25N3O4. The minimum Gasteiger partial charge on any atom is -0.497 e. The van der Waals surface area contributed by atoms with E-state index in [1.807, 2.05) is 13.8 Å². The van der Waals surface area contributed by atoms with Gasteiger partial charge in [-0.2, -0.15) is 5.10 Å². The fraction of sp³-hybridized carbons (Fsp3) is 0.421. The van der Waals surface area contributed by atoms with Crippen molar-refractivity contribution in [1.29, 1.82) is 0 Å². The molecule has 1 aromatic heterocycles. The number of carboxylic acid groups (broad SMARTS) is 1. The van der Waals surface area contributed by atoms with Crippen LogP contribution in [-0.2, 0) is 17.4 Å². The second-order valence-electron chi connectivity index (χ2n) is 6.82. The van der Waals surface area contributed by atoms with E-state index in [2.05, 4.69) is 10.4 Å². The molecule has 2 N–H and O–H groups in total. The number of aryl methyl sites for hydroxylation is 1. The number of carboxylic acids is 1. The summed E-state index contributed by atoms with van der Waals surface area (Å²) in [5.74, 6) is -0.607. The predicted molar refractivity (Wildman–Crippen MR) is 97.4 cm³/mol. The molecule has 1 unspecified atom stereocenters. The Hall–Kier alpha value is -2.83. The summed E-state index contributed by atoms with van der Waals surface area (Å²) < 4.78 is 6.73. The van der Waals surface area contributed by atoms with E-state index < -0.39 is 11.5 Å². The number of nitrogens with zero attached hydrogens (tertiary/aromatic N) is 2. The lowest BCUT2D eigenvalue weighted by molar-refractivity contribution is -0.138. The normalized spacial score (nSPS) is 13.3. The van der Waals surface area contributed by atoms with Gasteiger partial charge in [0.25, 0.3) is 5.91 Å². The van der Waals surface area contributed by atoms with Crippen LogP contribution in [0.5, 0.6) is 5.75 Å². The van der Waals surface area contributed by atoms with Crippen molar-refractivity contribution in [3.8, 4) is 5.75 Å². The summed E-state index contributed by atoms with van der Waals surface area (Å²) in [6.07, 6.45) is -0.263. The summed E-state index contributed by atoms with van der Waals surface area (Å²) in [6, 6.07) is 8.76. The highest BCUT2D eigenvalue weighted by Gasteiger charge is 2.33. The molecule has 0 saturated carbocycles. The summed E-state index contributed by atoms with van der Waals surface area (Å²) in [6.45, 7) is 5.68. The van der Waals surface area contributed by atoms with Gasteiger partial charge in [0, 0.05) is 7.05 Å². The van der Waals surface area contributed by atoms with Gasteiger partial charge in [-0.3, -0.25) is 14.3 Å². The van der Waals surface area contributed by atoms with Gasteiger partial charge in [0.15, 0.2) is 0 Å². The van der Waals surface area contributed by atoms with Gasteiger partial charge in [-0.1, -0.05) is 26.0 Å². The summed E-state index contributed by atoms with van der Waals surface area (Å²) in [5.41, 5.74) is 0.741. The second kappa shape index (κ2) is 7.59. The number of ether oxygens (including phenoxy) is 1. The van der Waals surface area contributed by atoms with Crippen LogP contribution in [-0.4, -0.2) is 33.9 Å². The number of carbonyl (C=O) groups is 2. The zero-order valence-corrected chi connectivity index (χ0v) is 15.7. The monoisotopic (exact) mass is 359 g/mol. The van der Waals surface area contributed by atoms with Gasteiger partial charge in [0.05, 0.1) is 24.8 Å². The highest BCUT2D eigenvalue weighted by atomic mass is 16.5. The van der Waals surface area contributed by atoms with Gasteiger partial charge in [0.2, 0.25) is 0 Å². The van der Waals surface area contributed by atoms with E-state index >= 15 is 0 Å². The van der Waals surface area contributed by atoms with Crippen molar-refractivity contribution in [3.63, 3.8) is 0 Å². The molecule has 0 aliphatic rings. The second-order valence-corrected chi connectivity index (χ2v) is 6.82. The zero-order valence-electron chi connectivity index (χ0n) is 15.7. The fourth-order valence-corrected chi connectivity index (χ4v) is 2.79. The Morgan fingerprint density at radius 3 is 2.58 bits per heavy atom. The number of hydrogen-bond acceptors (Lipinski definition) is 4. The average molecular weight is 359 g/mol. The van der Waals surface area contributed by atoms with Crippen LogP contribution < -0.4 is 10.1 Å². The third-order valence-electron chi connectivity index (χ3n) is 4.32. The van der Waals surface area contributed by atoms with Crippen LogP contribution in [0.3, 0.4) is 0 Å². The molecule has 0 aliphatic heterocycles. The summed E-state index contributed by atoms with van der Waals surface area (Å²) in [7, 11) is 3.23. The molecule has 1 heterocycles. The Balaban J connectivity index is 2.38. The number of rotatable bonds is 7. The third-order valence-corrected chi connectivity index (χ3v) is 4.32. The van der Waals surface area contributed by atoms with Crippen LogP contribution in [0.4, 0.5) is 0 Å². The van der Waals surface area contributed by atoms with Gasteiger partial charge >= 0.3 is 5.97 Å². The quantitative estimate of drug-likeness (QED) is 0.793. The highest BCUT2D eigenvalue weighted by molar-refractivity contribution is 5.93. The minimum absolute atomic E-state index is 0.187. The SMILES string of the molecule is COc1cccc(C(C)(CC(=O)O)NC(=O)c2cc(C(C)C)nn2C)c1. The molecular weight excluding hydrogens is 334 g/mol. The summed E-state index contributed by atoms with van der Waals surface area (Å²) in [4.78, 5) is 24.3. The first kappa shape index (κ1) is 19.5. The number of methoxy groups -OCH3 is 1. The Morgan fingerprint density at radius 1 is 1.35 bits per heavy atom. The maximum atomic E-state index is 12.8. The van der Waals surface area contributed by atoms with Gasteiger partial charge in [0.1, 0.15) is 11.4 Å². The van der Waals surface area contributed by atoms with Gasteiger partial charge in [-0.15, -0.1) is 0 Å². The van der Waals surface area contributed by atoms with Crippen LogP contribution in [0.15, 0.2) is 30.3 Å². The Labute approximate surface area is 153 Å². The molecule has 0 aliphatic carbocycles. The lowest BCUT2D eigenvalue weighted by atomic mass is 9.88. The van der Waals surface area contributed by atoms with Crippen LogP contribution in [0.2, 0.25) is 0 Å². The Kier molecular flexibility index (Phi) is 5.69. The van der Waals surface area contributed by atoms with Crippen LogP contribution in [0.1, 0.15) is 54.9 Å². The molecule has 140 valence electrons. The maximum Gasteiger partial charge on any atom is 0.306 e. The molecule has 0 saturated heterocycles. The first-order valence-electron chi connectivity index (χ1n) is 8.39. The summed E-state index contributed by atoms with van der Waals surface area (Å²) >= 11 is 0. The average Bonchev–Trinajstić information content (AvgIpc) is 2.96. The minimum atomic E-state index is -1.10. The first-order valence-corrected chi connectivity index (χ1v) is 8.39. The van der Waals surface area contributed by atoms with E-state index in [1.54, 1.807) is 44.3 Å². The Bertz CT molecular complexity index is 813. The lowest BCUT2D eigenvalue weighted by Gasteiger charge is -2.30. The molecule has 0 fully saturated rings. The maximum absolute atomic E-state index is 12.8. The number of aliphatic carboxylic acids is 1. The van der Waals surface area contributed by atoms with Crippen molar-refractivity contribution in [2.75, 3.05) is 7.11 Å². The third kappa shape index (κ3) is 4.22. The van der Waals surface area contributed by atoms with Crippen LogP contribution >= 0.6 is 0 Å². The van der Waals surface area contributed by atoms with Crippen LogP contribution in [0, 0.1) is 0 Å². The van der Waals surface area contributed by atoms with E-state index in [1.165, 1.54) is 11.8 Å². The topological polar surface area (TPSA) is 93.4 Å². The van der Waals surface area contributed by atoms with E-state index in [9.17, 15) is 14.7 Å². The van der Waals surface area contributed by atoms with Crippen molar-refractivity contribution >= 4 is 11.9 Å². The number of amides is 1. The molecule has 2 rings (SSSR count). The molecule has 7 nitrogen and oxygen atoms in total. The molecule has 2 aromatic rings. The molecule has 7 heteroatoms. The van der Waals surface area contributed by atoms with E-state index in [-0.39, 0.29) is 18.2 Å². The molecule has 0 radical (unpaired) electrons. The van der Waals surface area contributed by atoms with E-state index in [0.29, 0.717) is 17.0 Å². The smallest absolute Gasteiger partial charge is 0.306 e. The molecule has 0 spiro atoms. The number of nitrogens with one attached hydrogen (secondary N) is 1. The number of benzene rings is 1. The van der Waals surface area contributed by atoms with Gasteiger partial charge < -0.3 is 15.2 Å². The zero-order chi connectivity index (χ0) is 19.5. The standard InChI is InChI=1S/C19H25N3O4/c1-12(2)15-10-16(22(4)21-15)18(25)20-19(3,11-17(23)24)13-7-6-8-14(9-13)26-5/h6-10,12H,11H2,1-5H3,(H,20,25)(H,23,24). The number of aromatic nitrogens is 2. The fourth-order valence-electron chi connectivity index (χ4n) is 2.79. The first-order chi connectivity index (χ1) is 12.2. The molecule has 1 atom stereocenters. The number of hydrogen-bond donors (Lipinski definition) is 2. The largest absolute Gasteiger partial charge is 0.497 e. The van der Waals surface area contributed by atoms with Crippen molar-refractivity contribution < 1.29 is 19.4 Å². The van der Waals surface area contributed by atoms with Crippen molar-refractivity contribution in [2.24, 2.45) is 7.05 Å². The lowest BCUT2D eigenvalue weighted by Crippen LogP contribution is -2.45. The van der Waals surface area contributed by atoms with Gasteiger partial charge in [-0.05, 0) is 36.6 Å². The highest BCUT2D eigenvalue weighted by Crippen LogP contribution is 2.28. The van der Waals surface area contributed by atoms with Crippen molar-refractivity contribution in [1.82, 2.24) is 15.1 Å². The number of carbonyl (C=O) groups excluding carboxylic acids is 1. The molecule has 26 heavy (non-hydrogen) atoms. The molecule has 0 bridgehead atoms. The van der Waals surface area contributed by atoms with Crippen molar-refractivity contribution in [2.45, 2.75) is 38.6 Å². The van der Waals surface area contributed by atoms with Crippen molar-refractivity contribution in [3.05, 3.63) is 47.3 Å². The van der Waals surface area contributed by atoms with E-state index in [4.69, 9.17) is 4.74 Å².